The lowest BCUT2D eigenvalue weighted by Crippen LogP contribution is -2.33. The van der Waals surface area contributed by atoms with Gasteiger partial charge in [0.2, 0.25) is 0 Å². The van der Waals surface area contributed by atoms with Gasteiger partial charge in [0.15, 0.2) is 0 Å². The largest absolute Gasteiger partial charge is 0.479 e. The second-order valence-electron chi connectivity index (χ2n) is 6.71. The van der Waals surface area contributed by atoms with Gasteiger partial charge in [0.05, 0.1) is 18.8 Å². The molecule has 6 atom stereocenters. The van der Waals surface area contributed by atoms with E-state index in [2.05, 4.69) is 18.9 Å². The summed E-state index contributed by atoms with van der Waals surface area (Å²) in [6, 6.07) is -1.19. The van der Waals surface area contributed by atoms with Crippen molar-refractivity contribution in [3.63, 3.8) is 0 Å². The Bertz CT molecular complexity index is 1350. The fourth-order valence-electron chi connectivity index (χ4n) is 2.68. The van der Waals surface area contributed by atoms with Crippen LogP contribution in [-0.4, -0.2) is 48.4 Å². The first-order valence-electron chi connectivity index (χ1n) is 8.78. The zero-order valence-corrected chi connectivity index (χ0v) is 19.7. The highest BCUT2D eigenvalue weighted by atomic mass is 31.3. The lowest BCUT2D eigenvalue weighted by molar-refractivity contribution is -0.0268. The average molecular weight is 566 g/mol. The van der Waals surface area contributed by atoms with E-state index in [1.54, 1.807) is 4.91 Å². The van der Waals surface area contributed by atoms with E-state index >= 15 is 0 Å². The molecule has 1 aromatic rings. The summed E-state index contributed by atoms with van der Waals surface area (Å²) in [5.74, 6) is 0. The quantitative estimate of drug-likeness (QED) is 0.138. The van der Waals surface area contributed by atoms with Crippen LogP contribution in [0.25, 0.3) is 20.9 Å². The minimum Gasteiger partial charge on any atom is -0.352 e. The van der Waals surface area contributed by atoms with E-state index in [4.69, 9.17) is 20.7 Å². The van der Waals surface area contributed by atoms with Gasteiger partial charge in [-0.1, -0.05) is 5.11 Å². The van der Waals surface area contributed by atoms with Gasteiger partial charge < -0.3 is 19.4 Å². The van der Waals surface area contributed by atoms with Crippen molar-refractivity contribution in [2.45, 2.75) is 37.1 Å². The average Bonchev–Trinajstić information content (AvgIpc) is 3.11. The van der Waals surface area contributed by atoms with E-state index in [0.29, 0.717) is 0 Å². The molecule has 0 saturated carbocycles. The lowest BCUT2D eigenvalue weighted by Gasteiger charge is -2.25. The number of nitrogens with zero attached hydrogens (tertiary/aromatic N) is 7. The second kappa shape index (κ2) is 10.3. The van der Waals surface area contributed by atoms with Gasteiger partial charge in [0.25, 0.3) is 5.56 Å². The first-order chi connectivity index (χ1) is 16.0. The van der Waals surface area contributed by atoms with E-state index in [9.17, 15) is 41.9 Å². The van der Waals surface area contributed by atoms with Crippen molar-refractivity contribution in [2.75, 3.05) is 6.61 Å². The number of aryl methyl sites for hydroxylation is 1. The van der Waals surface area contributed by atoms with Crippen LogP contribution in [0.3, 0.4) is 0 Å². The summed E-state index contributed by atoms with van der Waals surface area (Å²) in [7, 11) is -19.1. The van der Waals surface area contributed by atoms with Gasteiger partial charge in [-0.2, -0.15) is 8.78 Å². The maximum absolute atomic E-state index is 13.9. The first-order valence-corrected chi connectivity index (χ1v) is 13.5. The SMILES string of the molecule is Cc1cn([C@@H]2C[C@@H](N=[N+]=[N-])[C@H](COP(=O)(O)OP(=O)(O)C(F)(F)P(=O)(O)N=[N+]=[N-])O2)c(=O)[nH]c1=O. The topological polar surface area (TPSA) is 292 Å². The Labute approximate surface area is 191 Å². The van der Waals surface area contributed by atoms with E-state index in [0.717, 1.165) is 10.8 Å². The molecule has 0 spiro atoms. The van der Waals surface area contributed by atoms with Crippen LogP contribution in [0, 0.1) is 6.92 Å². The Morgan fingerprint density at radius 1 is 1.29 bits per heavy atom. The molecule has 2 rings (SSSR count). The molecule has 1 aliphatic rings. The summed E-state index contributed by atoms with van der Waals surface area (Å²) in [6.07, 6.45) is -1.75. The fourth-order valence-corrected chi connectivity index (χ4v) is 6.69. The van der Waals surface area contributed by atoms with Crippen molar-refractivity contribution in [3.05, 3.63) is 53.5 Å². The van der Waals surface area contributed by atoms with E-state index in [1.807, 2.05) is 9.87 Å². The first kappa shape index (κ1) is 28.8. The molecule has 24 heteroatoms. The highest BCUT2D eigenvalue weighted by molar-refractivity contribution is 7.77. The minimum absolute atomic E-state index is 0.100. The van der Waals surface area contributed by atoms with Crippen molar-refractivity contribution < 1.29 is 50.7 Å². The Balaban J connectivity index is 2.21. The summed E-state index contributed by atoms with van der Waals surface area (Å²) in [4.78, 5) is 59.4. The number of azide groups is 2. The molecule has 2 heterocycles. The standard InChI is InChI=1S/C11H15F2N8O11P3/c1-5-3-21(10(23)16-9(5)22)8-2-6(17-18-14)7(31-8)4-30-35(28,29)32-34(26,27)11(12,13)33(24,25)20-19-15/h3,6-8H,2,4H2,1H3,(H,24,25)(H,26,27)(H,28,29)(H,16,22,23)/t6-,7+,8+/m1/s1. The molecule has 1 fully saturated rings. The maximum atomic E-state index is 13.9. The summed E-state index contributed by atoms with van der Waals surface area (Å²) >= 11 is 0. The molecule has 3 unspecified atom stereocenters. The number of hydrogen-bond acceptors (Lipinski definition) is 9. The van der Waals surface area contributed by atoms with Gasteiger partial charge in [-0.25, -0.2) is 13.7 Å². The van der Waals surface area contributed by atoms with Gasteiger partial charge >= 0.3 is 34.0 Å². The zero-order chi connectivity index (χ0) is 26.8. The molecule has 0 amide bonds. The number of aromatic amines is 1. The third kappa shape index (κ3) is 6.25. The summed E-state index contributed by atoms with van der Waals surface area (Å²) in [5.41, 5.74) is 15.3. The Morgan fingerprint density at radius 3 is 2.49 bits per heavy atom. The number of aromatic nitrogens is 2. The number of halogens is 2. The molecular formula is C11H15F2N8O11P3. The van der Waals surface area contributed by atoms with Crippen LogP contribution in [0.5, 0.6) is 0 Å². The molecule has 0 bridgehead atoms. The van der Waals surface area contributed by atoms with Crippen molar-refractivity contribution >= 4 is 22.9 Å². The molecule has 19 nitrogen and oxygen atoms in total. The third-order valence-electron chi connectivity index (χ3n) is 4.33. The molecule has 194 valence electrons. The lowest BCUT2D eigenvalue weighted by atomic mass is 10.1. The van der Waals surface area contributed by atoms with Crippen molar-refractivity contribution in [2.24, 2.45) is 10.00 Å². The Morgan fingerprint density at radius 2 is 1.91 bits per heavy atom. The van der Waals surface area contributed by atoms with Crippen LogP contribution >= 0.6 is 22.9 Å². The molecule has 35 heavy (non-hydrogen) atoms. The number of phosphoric acid groups is 1. The number of ether oxygens (including phenoxy) is 1. The van der Waals surface area contributed by atoms with Gasteiger partial charge in [-0.3, -0.25) is 28.0 Å². The van der Waals surface area contributed by atoms with Gasteiger partial charge in [-0.05, 0) is 18.0 Å². The predicted molar refractivity (Wildman–Crippen MR) is 108 cm³/mol. The number of rotatable bonds is 10. The summed E-state index contributed by atoms with van der Waals surface area (Å²) in [5, 5.41) is -2.34. The van der Waals surface area contributed by atoms with Crippen LogP contribution in [-0.2, 0) is 27.3 Å². The molecule has 1 aliphatic heterocycles. The van der Waals surface area contributed by atoms with Gasteiger partial charge in [-0.15, -0.1) is 0 Å². The molecular weight excluding hydrogens is 551 g/mol. The molecule has 0 aliphatic carbocycles. The van der Waals surface area contributed by atoms with Crippen LogP contribution in [0.1, 0.15) is 18.2 Å². The highest BCUT2D eigenvalue weighted by Gasteiger charge is 2.66. The maximum Gasteiger partial charge on any atom is 0.479 e. The molecule has 4 N–H and O–H groups in total. The molecule has 0 aromatic carbocycles. The van der Waals surface area contributed by atoms with Gasteiger partial charge in [0, 0.05) is 32.9 Å². The van der Waals surface area contributed by atoms with Gasteiger partial charge in [0.1, 0.15) is 6.23 Å². The number of phosphoric ester groups is 1. The van der Waals surface area contributed by atoms with Crippen molar-refractivity contribution in [1.29, 1.82) is 0 Å². The predicted octanol–water partition coefficient (Wildman–Crippen LogP) is 2.18. The third-order valence-corrected chi connectivity index (χ3v) is 9.76. The second-order valence-corrected chi connectivity index (χ2v) is 12.3. The van der Waals surface area contributed by atoms with E-state index in [1.165, 1.54) is 6.92 Å². The number of alkyl halides is 2. The Hall–Kier alpha value is -2.39. The van der Waals surface area contributed by atoms with E-state index < -0.39 is 64.6 Å². The van der Waals surface area contributed by atoms with Crippen LogP contribution in [0.4, 0.5) is 8.78 Å². The molecule has 0 radical (unpaired) electrons. The normalized spacial score (nSPS) is 25.4. The fraction of sp³-hybridized carbons (Fsp3) is 0.636. The zero-order valence-electron chi connectivity index (χ0n) is 17.1. The number of H-pyrrole nitrogens is 1. The van der Waals surface area contributed by atoms with Crippen molar-refractivity contribution in [3.8, 4) is 0 Å². The highest BCUT2D eigenvalue weighted by Crippen LogP contribution is 2.79. The molecule has 1 saturated heterocycles. The van der Waals surface area contributed by atoms with Crippen LogP contribution in [0.15, 0.2) is 25.8 Å². The van der Waals surface area contributed by atoms with Crippen LogP contribution < -0.4 is 11.2 Å². The number of nitrogens with one attached hydrogen (secondary N) is 1. The van der Waals surface area contributed by atoms with E-state index in [-0.39, 0.29) is 12.0 Å². The summed E-state index contributed by atoms with van der Waals surface area (Å²) < 4.78 is 77.1. The smallest absolute Gasteiger partial charge is 0.352 e. The van der Waals surface area contributed by atoms with Crippen molar-refractivity contribution in [1.82, 2.24) is 9.55 Å². The number of hydrogen-bond donors (Lipinski definition) is 4. The monoisotopic (exact) mass is 566 g/mol. The molecule has 1 aromatic heterocycles. The van der Waals surface area contributed by atoms with Crippen LogP contribution in [0.2, 0.25) is 0 Å². The minimum atomic E-state index is -6.79. The summed E-state index contributed by atoms with van der Waals surface area (Å²) in [6.45, 7) is 0.272. The Kier molecular flexibility index (Phi) is 8.49.